The number of methoxy groups -OCH3 is 1. The third-order valence-corrected chi connectivity index (χ3v) is 8.70. The lowest BCUT2D eigenvalue weighted by molar-refractivity contribution is -0.138. The van der Waals surface area contributed by atoms with Gasteiger partial charge in [0.25, 0.3) is 0 Å². The lowest BCUT2D eigenvalue weighted by Crippen LogP contribution is -2.43. The number of hydrogen-bond donors (Lipinski definition) is 1. The lowest BCUT2D eigenvalue weighted by atomic mass is 9.90. The Hall–Kier alpha value is -4.16. The maximum absolute atomic E-state index is 14.4. The number of halogens is 3. The molecule has 12 heteroatoms. The van der Waals surface area contributed by atoms with E-state index in [1.165, 1.54) is 24.1 Å². The van der Waals surface area contributed by atoms with Gasteiger partial charge in [0.1, 0.15) is 17.9 Å². The molecule has 1 aromatic carbocycles. The number of carbonyl (C=O) groups is 1. The van der Waals surface area contributed by atoms with Crippen molar-refractivity contribution in [2.75, 3.05) is 26.9 Å². The predicted molar refractivity (Wildman–Crippen MR) is 159 cm³/mol. The van der Waals surface area contributed by atoms with Gasteiger partial charge in [-0.05, 0) is 79.5 Å². The molecule has 4 heterocycles. The summed E-state index contributed by atoms with van der Waals surface area (Å²) < 4.78 is 61.5. The van der Waals surface area contributed by atoms with Gasteiger partial charge in [0.15, 0.2) is 5.82 Å². The number of nitrogens with zero attached hydrogens (tertiary/aromatic N) is 4. The van der Waals surface area contributed by atoms with Gasteiger partial charge in [-0.25, -0.2) is 9.78 Å². The first-order valence-electron chi connectivity index (χ1n) is 15.0. The molecule has 6 rings (SSSR count). The number of ether oxygens (including phenoxy) is 3. The van der Waals surface area contributed by atoms with Gasteiger partial charge in [-0.3, -0.25) is 4.90 Å². The molecule has 2 aromatic heterocycles. The second-order valence-corrected chi connectivity index (χ2v) is 11.6. The van der Waals surface area contributed by atoms with Crippen LogP contribution in [0.2, 0.25) is 0 Å². The lowest BCUT2D eigenvalue weighted by Gasteiger charge is -2.38. The quantitative estimate of drug-likeness (QED) is 0.317. The molecule has 45 heavy (non-hydrogen) atoms. The third-order valence-electron chi connectivity index (χ3n) is 8.70. The molecule has 0 bridgehead atoms. The molecule has 1 N–H and O–H groups in total. The van der Waals surface area contributed by atoms with Crippen LogP contribution in [-0.2, 0) is 35.2 Å². The highest BCUT2D eigenvalue weighted by atomic mass is 19.4. The average molecular weight is 625 g/mol. The molecule has 9 nitrogen and oxygen atoms in total. The molecule has 1 aliphatic carbocycles. The van der Waals surface area contributed by atoms with Crippen molar-refractivity contribution in [1.29, 1.82) is 0 Å². The van der Waals surface area contributed by atoms with Crippen LogP contribution >= 0.6 is 0 Å². The maximum Gasteiger partial charge on any atom is 0.416 e. The summed E-state index contributed by atoms with van der Waals surface area (Å²) in [5.74, 6) is -0.219. The molecule has 3 aliphatic rings. The van der Waals surface area contributed by atoms with Crippen molar-refractivity contribution in [3.05, 3.63) is 87.4 Å². The minimum atomic E-state index is -4.48. The van der Waals surface area contributed by atoms with Crippen LogP contribution in [0.4, 0.5) is 13.2 Å². The van der Waals surface area contributed by atoms with Crippen LogP contribution in [0.15, 0.2) is 53.9 Å². The number of benzene rings is 1. The summed E-state index contributed by atoms with van der Waals surface area (Å²) in [6.45, 7) is 4.20. The summed E-state index contributed by atoms with van der Waals surface area (Å²) in [5, 5.41) is 13.6. The van der Waals surface area contributed by atoms with Gasteiger partial charge in [-0.2, -0.15) is 23.0 Å². The molecule has 0 spiro atoms. The number of aromatic carboxylic acids is 1. The Balaban J connectivity index is 1.25. The van der Waals surface area contributed by atoms with E-state index in [4.69, 9.17) is 19.2 Å². The number of rotatable bonds is 8. The number of fused-ring (bicyclic) bond motifs is 1. The Kier molecular flexibility index (Phi) is 8.69. The number of hydrogen-bond acceptors (Lipinski definition) is 7. The summed E-state index contributed by atoms with van der Waals surface area (Å²) in [6, 6.07) is 8.58. The van der Waals surface area contributed by atoms with Crippen molar-refractivity contribution < 1.29 is 37.3 Å². The van der Waals surface area contributed by atoms with Gasteiger partial charge >= 0.3 is 12.1 Å². The Labute approximate surface area is 258 Å². The number of alkyl halides is 3. The van der Waals surface area contributed by atoms with Crippen molar-refractivity contribution in [1.82, 2.24) is 19.7 Å². The first-order chi connectivity index (χ1) is 21.6. The van der Waals surface area contributed by atoms with Gasteiger partial charge in [0.2, 0.25) is 5.88 Å². The highest BCUT2D eigenvalue weighted by Crippen LogP contribution is 2.39. The number of pyridine rings is 1. The molecule has 3 aromatic rings. The van der Waals surface area contributed by atoms with Gasteiger partial charge in [0.05, 0.1) is 24.6 Å². The fraction of sp³-hybridized carbons (Fsp3) is 0.424. The van der Waals surface area contributed by atoms with Gasteiger partial charge < -0.3 is 19.3 Å². The summed E-state index contributed by atoms with van der Waals surface area (Å²) >= 11 is 0. The van der Waals surface area contributed by atoms with Crippen LogP contribution in [0.3, 0.4) is 0 Å². The minimum absolute atomic E-state index is 0.0291. The number of carboxylic acids is 1. The van der Waals surface area contributed by atoms with E-state index in [0.29, 0.717) is 60.2 Å². The zero-order valence-corrected chi connectivity index (χ0v) is 25.2. The molecular weight excluding hydrogens is 589 g/mol. The number of aromatic nitrogens is 3. The van der Waals surface area contributed by atoms with Crippen LogP contribution < -0.4 is 4.74 Å². The summed E-state index contributed by atoms with van der Waals surface area (Å²) in [5.41, 5.74) is 3.10. The average Bonchev–Trinajstić information content (AvgIpc) is 3.48. The Morgan fingerprint density at radius 3 is 2.71 bits per heavy atom. The van der Waals surface area contributed by atoms with E-state index in [0.717, 1.165) is 36.8 Å². The van der Waals surface area contributed by atoms with Gasteiger partial charge in [0, 0.05) is 37.9 Å². The molecule has 2 aliphatic heterocycles. The Morgan fingerprint density at radius 1 is 1.18 bits per heavy atom. The monoisotopic (exact) mass is 624 g/mol. The Bertz CT molecular complexity index is 1660. The van der Waals surface area contributed by atoms with E-state index in [9.17, 15) is 23.1 Å². The van der Waals surface area contributed by atoms with E-state index < -0.39 is 17.7 Å². The molecular formula is C33H35F3N4O5. The molecule has 0 atom stereocenters. The SMILES string of the molecule is COc1c(C(=O)O)cnn1-c1cccc(C2=CCCC(C)=C2OCc2cc3c(c(C(F)(F)F)c2)CN(C2CCOCC2)CC3)n1. The van der Waals surface area contributed by atoms with Crippen LogP contribution in [0.1, 0.15) is 70.9 Å². The second kappa shape index (κ2) is 12.7. The van der Waals surface area contributed by atoms with Crippen molar-refractivity contribution in [3.8, 4) is 11.7 Å². The van der Waals surface area contributed by atoms with Crippen LogP contribution in [0, 0.1) is 0 Å². The number of allylic oxidation sites excluding steroid dienone is 3. The fourth-order valence-corrected chi connectivity index (χ4v) is 6.43. The molecule has 0 amide bonds. The van der Waals surface area contributed by atoms with Crippen LogP contribution in [0.25, 0.3) is 11.4 Å². The molecule has 238 valence electrons. The molecule has 0 unspecified atom stereocenters. The van der Waals surface area contributed by atoms with E-state index in [1.807, 2.05) is 19.1 Å². The highest BCUT2D eigenvalue weighted by molar-refractivity contribution is 5.90. The summed E-state index contributed by atoms with van der Waals surface area (Å²) in [4.78, 5) is 18.5. The van der Waals surface area contributed by atoms with E-state index in [-0.39, 0.29) is 30.6 Å². The molecule has 1 saturated heterocycles. The second-order valence-electron chi connectivity index (χ2n) is 11.6. The van der Waals surface area contributed by atoms with Crippen molar-refractivity contribution in [3.63, 3.8) is 0 Å². The van der Waals surface area contributed by atoms with Crippen molar-refractivity contribution in [2.24, 2.45) is 0 Å². The highest BCUT2D eigenvalue weighted by Gasteiger charge is 2.37. The van der Waals surface area contributed by atoms with Gasteiger partial charge in [-0.15, -0.1) is 0 Å². The first-order valence-corrected chi connectivity index (χ1v) is 15.0. The van der Waals surface area contributed by atoms with Crippen molar-refractivity contribution in [2.45, 2.75) is 64.4 Å². The van der Waals surface area contributed by atoms with Crippen molar-refractivity contribution >= 4 is 11.5 Å². The molecule has 0 radical (unpaired) electrons. The summed E-state index contributed by atoms with van der Waals surface area (Å²) in [6.07, 6.45) is 2.42. The topological polar surface area (TPSA) is 98.9 Å². The smallest absolute Gasteiger partial charge is 0.416 e. The van der Waals surface area contributed by atoms with Crippen LogP contribution in [0.5, 0.6) is 5.88 Å². The normalized spacial score (nSPS) is 18.0. The minimum Gasteiger partial charge on any atom is -0.488 e. The van der Waals surface area contributed by atoms with E-state index in [1.54, 1.807) is 18.2 Å². The Morgan fingerprint density at radius 2 is 1.98 bits per heavy atom. The van der Waals surface area contributed by atoms with Gasteiger partial charge in [-0.1, -0.05) is 18.2 Å². The number of carboxylic acid groups (broad SMARTS) is 1. The standard InChI is InChI=1S/C33H35F3N4O5/c1-20-5-3-6-24(28-7-4-8-29(38-28)40-31(43-2)25(17-37-40)32(41)42)30(20)45-19-21-15-22-9-12-39(23-10-13-44-14-11-23)18-26(22)27(16-21)33(34,35)36/h4,6-8,15-17,23H,3,5,9-14,18-19H2,1-2H3,(H,41,42). The zero-order valence-electron chi connectivity index (χ0n) is 25.2. The largest absolute Gasteiger partial charge is 0.488 e. The predicted octanol–water partition coefficient (Wildman–Crippen LogP) is 6.20. The molecule has 0 saturated carbocycles. The zero-order chi connectivity index (χ0) is 31.7. The fourth-order valence-electron chi connectivity index (χ4n) is 6.43. The van der Waals surface area contributed by atoms with E-state index in [2.05, 4.69) is 10.00 Å². The summed E-state index contributed by atoms with van der Waals surface area (Å²) in [7, 11) is 1.36. The van der Waals surface area contributed by atoms with Crippen LogP contribution in [-0.4, -0.2) is 63.7 Å². The maximum atomic E-state index is 14.4. The first kappa shape index (κ1) is 30.8. The third kappa shape index (κ3) is 6.34. The van der Waals surface area contributed by atoms with E-state index >= 15 is 0 Å². The molecule has 1 fully saturated rings.